The maximum absolute atomic E-state index is 11.2. The highest BCUT2D eigenvalue weighted by atomic mass is 35.5. The van der Waals surface area contributed by atoms with Crippen molar-refractivity contribution in [1.29, 1.82) is 0 Å². The minimum Gasteiger partial charge on any atom is -0.303 e. The predicted octanol–water partition coefficient (Wildman–Crippen LogP) is 4.52. The van der Waals surface area contributed by atoms with Crippen LogP contribution in [0, 0.1) is 0 Å². The summed E-state index contributed by atoms with van der Waals surface area (Å²) in [6.07, 6.45) is 1.57. The molecular formula is C15H12Cl2O. The molecule has 1 nitrogen and oxygen atoms in total. The Kier molecular flexibility index (Phi) is 4.40. The zero-order chi connectivity index (χ0) is 13.0. The Hall–Kier alpha value is -1.31. The van der Waals surface area contributed by atoms with Crippen molar-refractivity contribution in [1.82, 2.24) is 0 Å². The van der Waals surface area contributed by atoms with Crippen molar-refractivity contribution in [2.75, 3.05) is 0 Å². The van der Waals surface area contributed by atoms with Gasteiger partial charge in [-0.15, -0.1) is 0 Å². The van der Waals surface area contributed by atoms with Crippen molar-refractivity contribution in [2.45, 2.75) is 12.3 Å². The number of hydrogen-bond donors (Lipinski definition) is 0. The summed E-state index contributed by atoms with van der Waals surface area (Å²) in [5, 5.41) is 1.32. The van der Waals surface area contributed by atoms with Gasteiger partial charge < -0.3 is 4.79 Å². The van der Waals surface area contributed by atoms with Gasteiger partial charge in [0.25, 0.3) is 0 Å². The fourth-order valence-corrected chi connectivity index (χ4v) is 2.28. The Morgan fingerprint density at radius 3 is 2.28 bits per heavy atom. The van der Waals surface area contributed by atoms with Gasteiger partial charge in [-0.3, -0.25) is 0 Å². The third-order valence-corrected chi connectivity index (χ3v) is 3.43. The molecule has 0 saturated heterocycles. The summed E-state index contributed by atoms with van der Waals surface area (Å²) in [4.78, 5) is 11.2. The number of halogens is 2. The van der Waals surface area contributed by atoms with Crippen LogP contribution in [0.15, 0.2) is 48.5 Å². The number of rotatable bonds is 4. The number of aldehydes is 1. The zero-order valence-electron chi connectivity index (χ0n) is 9.64. The molecule has 0 aliphatic rings. The molecule has 1 unspecified atom stereocenters. The average Bonchev–Trinajstić information content (AvgIpc) is 2.39. The minimum absolute atomic E-state index is 0.222. The lowest BCUT2D eigenvalue weighted by atomic mass is 9.93. The molecule has 0 aromatic heterocycles. The van der Waals surface area contributed by atoms with Gasteiger partial charge in [0.2, 0.25) is 0 Å². The van der Waals surface area contributed by atoms with Gasteiger partial charge in [-0.25, -0.2) is 0 Å². The summed E-state index contributed by atoms with van der Waals surface area (Å²) in [6.45, 7) is 0. The topological polar surface area (TPSA) is 17.1 Å². The molecule has 0 fully saturated rings. The third-order valence-electron chi connectivity index (χ3n) is 2.84. The quantitative estimate of drug-likeness (QED) is 0.752. The largest absolute Gasteiger partial charge is 0.303 e. The van der Waals surface area contributed by atoms with E-state index in [-0.39, 0.29) is 5.92 Å². The van der Waals surface area contributed by atoms with Crippen molar-refractivity contribution in [3.05, 3.63) is 69.7 Å². The average molecular weight is 279 g/mol. The lowest BCUT2D eigenvalue weighted by Gasteiger charge is -2.12. The predicted molar refractivity (Wildman–Crippen MR) is 75.4 cm³/mol. The fourth-order valence-electron chi connectivity index (χ4n) is 1.88. The second-order valence-corrected chi connectivity index (χ2v) is 4.94. The lowest BCUT2D eigenvalue weighted by Crippen LogP contribution is -2.05. The maximum atomic E-state index is 11.2. The van der Waals surface area contributed by atoms with Crippen LogP contribution >= 0.6 is 23.2 Å². The molecule has 0 heterocycles. The van der Waals surface area contributed by atoms with E-state index in [4.69, 9.17) is 23.2 Å². The van der Waals surface area contributed by atoms with E-state index < -0.39 is 0 Å². The molecule has 0 spiro atoms. The van der Waals surface area contributed by atoms with E-state index in [2.05, 4.69) is 0 Å². The van der Waals surface area contributed by atoms with E-state index in [1.165, 1.54) is 0 Å². The fraction of sp³-hybridized carbons (Fsp3) is 0.133. The number of carbonyl (C=O) groups excluding carboxylic acids is 1. The Balaban J connectivity index is 2.22. The maximum Gasteiger partial charge on any atom is 0.127 e. The molecule has 0 N–H and O–H groups in total. The second-order valence-electron chi connectivity index (χ2n) is 4.09. The van der Waals surface area contributed by atoms with Gasteiger partial charge in [0.05, 0.1) is 0 Å². The third kappa shape index (κ3) is 3.12. The first kappa shape index (κ1) is 13.1. The molecule has 3 heteroatoms. The van der Waals surface area contributed by atoms with E-state index in [0.717, 1.165) is 17.4 Å². The molecule has 0 aliphatic heterocycles. The summed E-state index contributed by atoms with van der Waals surface area (Å²) in [5.74, 6) is -0.222. The molecule has 18 heavy (non-hydrogen) atoms. The van der Waals surface area contributed by atoms with Crippen LogP contribution in [0.2, 0.25) is 10.0 Å². The standard InChI is InChI=1S/C15H12Cl2O/c16-13-7-5-11(6-8-13)9-12(10-18)14-3-1-2-4-15(14)17/h1-8,10,12H,9H2. The monoisotopic (exact) mass is 278 g/mol. The van der Waals surface area contributed by atoms with Crippen LogP contribution in [-0.4, -0.2) is 6.29 Å². The molecule has 0 saturated carbocycles. The molecule has 0 radical (unpaired) electrons. The van der Waals surface area contributed by atoms with Crippen LogP contribution in [0.4, 0.5) is 0 Å². The van der Waals surface area contributed by atoms with E-state index in [9.17, 15) is 4.79 Å². The summed E-state index contributed by atoms with van der Waals surface area (Å²) < 4.78 is 0. The normalized spacial score (nSPS) is 12.1. The molecule has 0 aliphatic carbocycles. The van der Waals surface area contributed by atoms with Crippen LogP contribution in [-0.2, 0) is 11.2 Å². The molecular weight excluding hydrogens is 267 g/mol. The van der Waals surface area contributed by atoms with E-state index in [0.29, 0.717) is 16.5 Å². The van der Waals surface area contributed by atoms with Crippen LogP contribution in [0.1, 0.15) is 17.0 Å². The highest BCUT2D eigenvalue weighted by Gasteiger charge is 2.14. The van der Waals surface area contributed by atoms with Gasteiger partial charge in [0.15, 0.2) is 0 Å². The lowest BCUT2D eigenvalue weighted by molar-refractivity contribution is -0.109. The summed E-state index contributed by atoms with van der Waals surface area (Å²) in [7, 11) is 0. The Labute approximate surface area is 116 Å². The molecule has 0 bridgehead atoms. The number of hydrogen-bond acceptors (Lipinski definition) is 1. The zero-order valence-corrected chi connectivity index (χ0v) is 11.2. The van der Waals surface area contributed by atoms with Crippen molar-refractivity contribution in [3.63, 3.8) is 0 Å². The van der Waals surface area contributed by atoms with Crippen LogP contribution < -0.4 is 0 Å². The highest BCUT2D eigenvalue weighted by molar-refractivity contribution is 6.31. The van der Waals surface area contributed by atoms with Gasteiger partial charge in [-0.05, 0) is 35.7 Å². The first-order valence-corrected chi connectivity index (χ1v) is 6.40. The molecule has 92 valence electrons. The van der Waals surface area contributed by atoms with Crippen LogP contribution in [0.25, 0.3) is 0 Å². The van der Waals surface area contributed by atoms with Gasteiger partial charge >= 0.3 is 0 Å². The highest BCUT2D eigenvalue weighted by Crippen LogP contribution is 2.26. The second kappa shape index (κ2) is 6.03. The van der Waals surface area contributed by atoms with Crippen LogP contribution in [0.3, 0.4) is 0 Å². The Morgan fingerprint density at radius 1 is 1.00 bits per heavy atom. The first-order chi connectivity index (χ1) is 8.70. The van der Waals surface area contributed by atoms with Gasteiger partial charge in [0, 0.05) is 16.0 Å². The summed E-state index contributed by atoms with van der Waals surface area (Å²) in [5.41, 5.74) is 1.93. The van der Waals surface area contributed by atoms with Gasteiger partial charge in [-0.2, -0.15) is 0 Å². The molecule has 1 atom stereocenters. The van der Waals surface area contributed by atoms with E-state index in [1.807, 2.05) is 42.5 Å². The Morgan fingerprint density at radius 2 is 1.67 bits per heavy atom. The Bertz CT molecular complexity index is 534. The number of benzene rings is 2. The van der Waals surface area contributed by atoms with Crippen LogP contribution in [0.5, 0.6) is 0 Å². The molecule has 2 aromatic carbocycles. The van der Waals surface area contributed by atoms with Gasteiger partial charge in [0.1, 0.15) is 6.29 Å². The molecule has 2 rings (SSSR count). The van der Waals surface area contributed by atoms with E-state index in [1.54, 1.807) is 6.07 Å². The number of carbonyl (C=O) groups is 1. The van der Waals surface area contributed by atoms with Crippen molar-refractivity contribution >= 4 is 29.5 Å². The first-order valence-electron chi connectivity index (χ1n) is 5.65. The van der Waals surface area contributed by atoms with Crippen molar-refractivity contribution < 1.29 is 4.79 Å². The SMILES string of the molecule is O=CC(Cc1ccc(Cl)cc1)c1ccccc1Cl. The summed E-state index contributed by atoms with van der Waals surface area (Å²) >= 11 is 11.9. The summed E-state index contributed by atoms with van der Waals surface area (Å²) in [6, 6.07) is 14.9. The molecule has 0 amide bonds. The van der Waals surface area contributed by atoms with E-state index >= 15 is 0 Å². The van der Waals surface area contributed by atoms with Gasteiger partial charge in [-0.1, -0.05) is 53.5 Å². The minimum atomic E-state index is -0.222. The van der Waals surface area contributed by atoms with Crippen molar-refractivity contribution in [3.8, 4) is 0 Å². The smallest absolute Gasteiger partial charge is 0.127 e. The molecule has 2 aromatic rings. The van der Waals surface area contributed by atoms with Crippen molar-refractivity contribution in [2.24, 2.45) is 0 Å².